The Hall–Kier alpha value is -2.62. The highest BCUT2D eigenvalue weighted by Crippen LogP contribution is 2.32. The molecule has 0 bridgehead atoms. The van der Waals surface area contributed by atoms with Gasteiger partial charge in [-0.15, -0.1) is 16.4 Å². The molecule has 0 unspecified atom stereocenters. The number of ether oxygens (including phenoxy) is 2. The van der Waals surface area contributed by atoms with Crippen LogP contribution in [0.4, 0.5) is 15.4 Å². The van der Waals surface area contributed by atoms with Gasteiger partial charge < -0.3 is 14.8 Å². The predicted octanol–water partition coefficient (Wildman–Crippen LogP) is 2.42. The van der Waals surface area contributed by atoms with Gasteiger partial charge in [0.15, 0.2) is 5.82 Å². The number of hydrogen-bond acceptors (Lipinski definition) is 7. The molecule has 24 heavy (non-hydrogen) atoms. The van der Waals surface area contributed by atoms with Gasteiger partial charge >= 0.3 is 18.1 Å². The molecule has 10 heteroatoms. The lowest BCUT2D eigenvalue weighted by Crippen LogP contribution is -2.29. The lowest BCUT2D eigenvalue weighted by molar-refractivity contribution is 0.0606. The molecular formula is C14H18N4O5S. The van der Waals surface area contributed by atoms with Crippen molar-refractivity contribution in [2.75, 3.05) is 25.6 Å². The minimum absolute atomic E-state index is 0.173. The number of fused-ring (bicyclic) bond motifs is 1. The SMILES string of the molecule is CCCNC(=O)Nc1nn(C(=O)OCC)c2cc(C(=O)OC)sc12. The van der Waals surface area contributed by atoms with Gasteiger partial charge in [0.25, 0.3) is 0 Å². The van der Waals surface area contributed by atoms with E-state index < -0.39 is 18.1 Å². The van der Waals surface area contributed by atoms with Crippen molar-refractivity contribution in [3.63, 3.8) is 0 Å². The Balaban J connectivity index is 2.41. The highest BCUT2D eigenvalue weighted by molar-refractivity contribution is 7.21. The summed E-state index contributed by atoms with van der Waals surface area (Å²) in [5.41, 5.74) is 0.365. The predicted molar refractivity (Wildman–Crippen MR) is 88.7 cm³/mol. The van der Waals surface area contributed by atoms with E-state index in [2.05, 4.69) is 20.5 Å². The van der Waals surface area contributed by atoms with Crippen molar-refractivity contribution in [3.05, 3.63) is 10.9 Å². The van der Waals surface area contributed by atoms with Crippen LogP contribution in [0.25, 0.3) is 10.2 Å². The first-order valence-electron chi connectivity index (χ1n) is 7.34. The van der Waals surface area contributed by atoms with E-state index >= 15 is 0 Å². The maximum absolute atomic E-state index is 12.0. The number of hydrogen-bond donors (Lipinski definition) is 2. The van der Waals surface area contributed by atoms with Crippen molar-refractivity contribution in [1.82, 2.24) is 15.1 Å². The molecule has 130 valence electrons. The number of methoxy groups -OCH3 is 1. The summed E-state index contributed by atoms with van der Waals surface area (Å²) in [7, 11) is 1.27. The van der Waals surface area contributed by atoms with Crippen molar-refractivity contribution in [2.45, 2.75) is 20.3 Å². The molecule has 0 saturated carbocycles. The fourth-order valence-electron chi connectivity index (χ4n) is 1.90. The van der Waals surface area contributed by atoms with Gasteiger partial charge in [0.2, 0.25) is 0 Å². The maximum Gasteiger partial charge on any atom is 0.435 e. The van der Waals surface area contributed by atoms with Crippen molar-refractivity contribution in [1.29, 1.82) is 0 Å². The summed E-state index contributed by atoms with van der Waals surface area (Å²) >= 11 is 1.07. The highest BCUT2D eigenvalue weighted by atomic mass is 32.1. The minimum Gasteiger partial charge on any atom is -0.465 e. The van der Waals surface area contributed by atoms with E-state index in [1.54, 1.807) is 6.92 Å². The first kappa shape index (κ1) is 17.7. The molecule has 2 N–H and O–H groups in total. The Morgan fingerprint density at radius 3 is 2.71 bits per heavy atom. The van der Waals surface area contributed by atoms with Gasteiger partial charge in [-0.25, -0.2) is 14.4 Å². The third-order valence-electron chi connectivity index (χ3n) is 2.95. The lowest BCUT2D eigenvalue weighted by atomic mass is 10.4. The minimum atomic E-state index is -0.696. The molecule has 2 rings (SSSR count). The lowest BCUT2D eigenvalue weighted by Gasteiger charge is -2.04. The van der Waals surface area contributed by atoms with Crippen LogP contribution in [-0.4, -0.2) is 48.1 Å². The Morgan fingerprint density at radius 1 is 1.33 bits per heavy atom. The molecule has 0 atom stereocenters. The number of anilines is 1. The third-order valence-corrected chi connectivity index (χ3v) is 4.06. The summed E-state index contributed by atoms with van der Waals surface area (Å²) in [6, 6.07) is 1.03. The average Bonchev–Trinajstić information content (AvgIpc) is 3.13. The van der Waals surface area contributed by atoms with Crippen LogP contribution in [0, 0.1) is 0 Å². The fourth-order valence-corrected chi connectivity index (χ4v) is 2.90. The molecule has 0 aliphatic rings. The molecule has 2 aromatic rings. The highest BCUT2D eigenvalue weighted by Gasteiger charge is 2.23. The number of aromatic nitrogens is 2. The van der Waals surface area contributed by atoms with Crippen LogP contribution in [0.5, 0.6) is 0 Å². The Kier molecular flexibility index (Phi) is 5.74. The Bertz CT molecular complexity index is 767. The number of carbonyl (C=O) groups excluding carboxylic acids is 3. The topological polar surface area (TPSA) is 112 Å². The zero-order valence-corrected chi connectivity index (χ0v) is 14.4. The number of urea groups is 1. The smallest absolute Gasteiger partial charge is 0.435 e. The van der Waals surface area contributed by atoms with Crippen LogP contribution in [0.1, 0.15) is 29.9 Å². The zero-order valence-electron chi connectivity index (χ0n) is 13.5. The molecular weight excluding hydrogens is 336 g/mol. The van der Waals surface area contributed by atoms with Gasteiger partial charge in [0.05, 0.1) is 23.9 Å². The monoisotopic (exact) mass is 354 g/mol. The molecule has 2 amide bonds. The number of esters is 1. The second-order valence-electron chi connectivity index (χ2n) is 4.66. The van der Waals surface area contributed by atoms with Crippen molar-refractivity contribution in [2.24, 2.45) is 0 Å². The van der Waals surface area contributed by atoms with Crippen molar-refractivity contribution in [3.8, 4) is 0 Å². The van der Waals surface area contributed by atoms with Crippen molar-refractivity contribution < 1.29 is 23.9 Å². The van der Waals surface area contributed by atoms with Gasteiger partial charge in [-0.05, 0) is 19.4 Å². The molecule has 0 radical (unpaired) electrons. The quantitative estimate of drug-likeness (QED) is 0.798. The molecule has 0 aliphatic heterocycles. The van der Waals surface area contributed by atoms with Gasteiger partial charge in [0.1, 0.15) is 4.88 Å². The Morgan fingerprint density at radius 2 is 2.08 bits per heavy atom. The Labute approximate surface area is 141 Å². The van der Waals surface area contributed by atoms with Crippen LogP contribution in [0.3, 0.4) is 0 Å². The maximum atomic E-state index is 12.0. The van der Waals surface area contributed by atoms with Crippen LogP contribution in [0.15, 0.2) is 6.07 Å². The molecule has 9 nitrogen and oxygen atoms in total. The number of amides is 2. The van der Waals surface area contributed by atoms with Crippen molar-refractivity contribution >= 4 is 45.5 Å². The molecule has 0 aromatic carbocycles. The molecule has 0 spiro atoms. The molecule has 0 fully saturated rings. The van der Waals surface area contributed by atoms with Crippen LogP contribution in [-0.2, 0) is 9.47 Å². The largest absolute Gasteiger partial charge is 0.465 e. The van der Waals surface area contributed by atoms with Gasteiger partial charge in [-0.1, -0.05) is 6.92 Å². The van der Waals surface area contributed by atoms with E-state index in [0.717, 1.165) is 22.4 Å². The molecule has 0 aliphatic carbocycles. The number of rotatable bonds is 5. The fraction of sp³-hybridized carbons (Fsp3) is 0.429. The summed E-state index contributed by atoms with van der Waals surface area (Å²) in [5, 5.41) is 9.29. The first-order valence-corrected chi connectivity index (χ1v) is 8.16. The molecule has 0 saturated heterocycles. The van der Waals surface area contributed by atoms with Crippen LogP contribution in [0.2, 0.25) is 0 Å². The number of thiophene rings is 1. The zero-order chi connectivity index (χ0) is 17.7. The van der Waals surface area contributed by atoms with Gasteiger partial charge in [-0.3, -0.25) is 5.32 Å². The molecule has 2 aromatic heterocycles. The normalized spacial score (nSPS) is 10.5. The summed E-state index contributed by atoms with van der Waals surface area (Å²) < 4.78 is 11.1. The van der Waals surface area contributed by atoms with E-state index in [9.17, 15) is 14.4 Å². The second kappa shape index (κ2) is 7.77. The van der Waals surface area contributed by atoms with Gasteiger partial charge in [-0.2, -0.15) is 4.68 Å². The van der Waals surface area contributed by atoms with Gasteiger partial charge in [0, 0.05) is 6.54 Å². The average molecular weight is 354 g/mol. The van der Waals surface area contributed by atoms with E-state index in [1.807, 2.05) is 6.92 Å². The number of nitrogens with zero attached hydrogens (tertiary/aromatic N) is 2. The van der Waals surface area contributed by atoms with E-state index in [4.69, 9.17) is 4.74 Å². The van der Waals surface area contributed by atoms with E-state index in [1.165, 1.54) is 13.2 Å². The first-order chi connectivity index (χ1) is 11.5. The summed E-state index contributed by atoms with van der Waals surface area (Å²) in [6.07, 6.45) is 0.0877. The number of carbonyl (C=O) groups is 3. The summed E-state index contributed by atoms with van der Waals surface area (Å²) in [4.78, 5) is 35.9. The van der Waals surface area contributed by atoms with Crippen LogP contribution >= 0.6 is 11.3 Å². The third kappa shape index (κ3) is 3.65. The molecule has 2 heterocycles. The van der Waals surface area contributed by atoms with E-state index in [0.29, 0.717) is 21.6 Å². The van der Waals surface area contributed by atoms with E-state index in [-0.39, 0.29) is 12.4 Å². The number of nitrogens with one attached hydrogen (secondary N) is 2. The summed E-state index contributed by atoms with van der Waals surface area (Å²) in [6.45, 7) is 4.28. The standard InChI is InChI=1S/C14H18N4O5S/c1-4-6-15-13(20)16-11-10-8(7-9(24-10)12(19)22-3)18(17-11)14(21)23-5-2/h7H,4-6H2,1-3H3,(H2,15,16,17,20). The van der Waals surface area contributed by atoms with Crippen LogP contribution < -0.4 is 10.6 Å². The second-order valence-corrected chi connectivity index (χ2v) is 5.71. The summed E-state index contributed by atoms with van der Waals surface area (Å²) in [5.74, 6) is -0.361.